The normalized spacial score (nSPS) is 12.2. The van der Waals surface area contributed by atoms with Crippen LogP contribution in [-0.2, 0) is 0 Å². The van der Waals surface area contributed by atoms with Gasteiger partial charge in [0.25, 0.3) is 5.69 Å². The van der Waals surface area contributed by atoms with Crippen molar-refractivity contribution >= 4 is 11.7 Å². The number of rotatable bonds is 5. The number of carbonyl (C=O) groups is 1. The Morgan fingerprint density at radius 3 is 2.56 bits per heavy atom. The first-order chi connectivity index (χ1) is 8.32. The Balaban J connectivity index is 3.12. The zero-order valence-electron chi connectivity index (χ0n) is 10.3. The van der Waals surface area contributed by atoms with Crippen LogP contribution in [0.2, 0.25) is 0 Å². The van der Waals surface area contributed by atoms with Crippen LogP contribution in [0.5, 0.6) is 5.88 Å². The number of aromatic nitrogens is 1. The van der Waals surface area contributed by atoms with Crippen molar-refractivity contribution in [1.82, 2.24) is 4.98 Å². The molecule has 1 N–H and O–H groups in total. The number of carboxylic acids is 1. The molecule has 0 aliphatic carbocycles. The molecular weight excluding hydrogens is 240 g/mol. The fourth-order valence-electron chi connectivity index (χ4n) is 1.10. The molecule has 1 atom stereocenters. The quantitative estimate of drug-likeness (QED) is 0.637. The van der Waals surface area contributed by atoms with Crippen LogP contribution in [0.15, 0.2) is 12.3 Å². The van der Waals surface area contributed by atoms with E-state index in [2.05, 4.69) is 4.98 Å². The Labute approximate surface area is 104 Å². The number of nitrogens with zero attached hydrogens (tertiary/aromatic N) is 2. The molecule has 1 aromatic heterocycles. The van der Waals surface area contributed by atoms with E-state index in [9.17, 15) is 14.9 Å². The first-order valence-electron chi connectivity index (χ1n) is 5.37. The van der Waals surface area contributed by atoms with Gasteiger partial charge in [0.15, 0.2) is 0 Å². The summed E-state index contributed by atoms with van der Waals surface area (Å²) in [5.74, 6) is -1.24. The third-order valence-corrected chi connectivity index (χ3v) is 2.51. The third kappa shape index (κ3) is 3.16. The maximum absolute atomic E-state index is 11.0. The van der Waals surface area contributed by atoms with Gasteiger partial charge in [0.1, 0.15) is 11.8 Å². The van der Waals surface area contributed by atoms with E-state index in [1.54, 1.807) is 6.92 Å². The second kappa shape index (κ2) is 5.44. The Hall–Kier alpha value is -2.18. The Bertz CT molecular complexity index is 473. The molecule has 0 saturated heterocycles. The molecule has 0 aromatic carbocycles. The molecule has 7 heteroatoms. The van der Waals surface area contributed by atoms with Crippen molar-refractivity contribution in [2.45, 2.75) is 26.9 Å². The molecule has 0 radical (unpaired) electrons. The Morgan fingerprint density at radius 2 is 2.11 bits per heavy atom. The number of hydrogen-bond acceptors (Lipinski definition) is 5. The number of nitro groups is 1. The molecule has 1 rings (SSSR count). The molecule has 98 valence electrons. The number of aromatic carboxylic acids is 1. The van der Waals surface area contributed by atoms with Crippen LogP contribution in [0.1, 0.15) is 31.1 Å². The monoisotopic (exact) mass is 254 g/mol. The van der Waals surface area contributed by atoms with Gasteiger partial charge in [0, 0.05) is 6.07 Å². The minimum atomic E-state index is -1.31. The molecule has 1 heterocycles. The summed E-state index contributed by atoms with van der Waals surface area (Å²) in [7, 11) is 0. The molecule has 0 amide bonds. The maximum atomic E-state index is 11.0. The lowest BCUT2D eigenvalue weighted by molar-refractivity contribution is -0.385. The van der Waals surface area contributed by atoms with Crippen molar-refractivity contribution < 1.29 is 19.6 Å². The lowest BCUT2D eigenvalue weighted by Gasteiger charge is -2.18. The summed E-state index contributed by atoms with van der Waals surface area (Å²) in [5, 5.41) is 19.5. The van der Waals surface area contributed by atoms with Crippen molar-refractivity contribution in [2.75, 3.05) is 0 Å². The lowest BCUT2D eigenvalue weighted by atomic mass is 10.1. The van der Waals surface area contributed by atoms with Crippen LogP contribution in [-0.4, -0.2) is 27.1 Å². The fourth-order valence-corrected chi connectivity index (χ4v) is 1.10. The zero-order valence-corrected chi connectivity index (χ0v) is 10.3. The predicted octanol–water partition coefficient (Wildman–Crippen LogP) is 2.11. The van der Waals surface area contributed by atoms with Gasteiger partial charge in [0.2, 0.25) is 5.88 Å². The van der Waals surface area contributed by atoms with Crippen LogP contribution >= 0.6 is 0 Å². The number of pyridine rings is 1. The minimum Gasteiger partial charge on any atom is -0.477 e. The second-order valence-electron chi connectivity index (χ2n) is 4.18. The number of carboxylic acid groups (broad SMARTS) is 1. The van der Waals surface area contributed by atoms with E-state index in [0.29, 0.717) is 0 Å². The van der Waals surface area contributed by atoms with E-state index in [1.807, 2.05) is 13.8 Å². The summed E-state index contributed by atoms with van der Waals surface area (Å²) in [6, 6.07) is 0.942. The van der Waals surface area contributed by atoms with Crippen molar-refractivity contribution in [3.63, 3.8) is 0 Å². The van der Waals surface area contributed by atoms with Crippen molar-refractivity contribution in [3.8, 4) is 5.88 Å². The zero-order chi connectivity index (χ0) is 13.9. The summed E-state index contributed by atoms with van der Waals surface area (Å²) in [6.07, 6.45) is 0.742. The molecule has 1 unspecified atom stereocenters. The molecule has 7 nitrogen and oxygen atoms in total. The summed E-state index contributed by atoms with van der Waals surface area (Å²) in [4.78, 5) is 24.6. The molecule has 0 spiro atoms. The molecular formula is C11H14N2O5. The van der Waals surface area contributed by atoms with Gasteiger partial charge in [0.05, 0.1) is 11.0 Å². The summed E-state index contributed by atoms with van der Waals surface area (Å²) < 4.78 is 5.39. The molecule has 0 saturated carbocycles. The standard InChI is InChI=1S/C11H14N2O5/c1-6(2)7(3)18-10-9(11(14)15)4-8(5-12-10)13(16)17/h4-7H,1-3H3,(H,14,15). The molecule has 18 heavy (non-hydrogen) atoms. The highest BCUT2D eigenvalue weighted by molar-refractivity contribution is 5.90. The highest BCUT2D eigenvalue weighted by atomic mass is 16.6. The predicted molar refractivity (Wildman–Crippen MR) is 62.8 cm³/mol. The van der Waals surface area contributed by atoms with Gasteiger partial charge in [-0.25, -0.2) is 9.78 Å². The average molecular weight is 254 g/mol. The van der Waals surface area contributed by atoms with E-state index >= 15 is 0 Å². The van der Waals surface area contributed by atoms with E-state index in [1.165, 1.54) is 0 Å². The van der Waals surface area contributed by atoms with Crippen LogP contribution in [0.3, 0.4) is 0 Å². The topological polar surface area (TPSA) is 103 Å². The van der Waals surface area contributed by atoms with Gasteiger partial charge >= 0.3 is 5.97 Å². The van der Waals surface area contributed by atoms with Gasteiger partial charge in [-0.1, -0.05) is 13.8 Å². The van der Waals surface area contributed by atoms with Gasteiger partial charge < -0.3 is 9.84 Å². The largest absolute Gasteiger partial charge is 0.477 e. The van der Waals surface area contributed by atoms with Gasteiger partial charge in [-0.3, -0.25) is 10.1 Å². The van der Waals surface area contributed by atoms with E-state index < -0.39 is 10.9 Å². The highest BCUT2D eigenvalue weighted by Crippen LogP contribution is 2.23. The van der Waals surface area contributed by atoms with Crippen LogP contribution < -0.4 is 4.74 Å². The van der Waals surface area contributed by atoms with Crippen LogP contribution in [0, 0.1) is 16.0 Å². The molecule has 0 aliphatic rings. The Morgan fingerprint density at radius 1 is 1.50 bits per heavy atom. The highest BCUT2D eigenvalue weighted by Gasteiger charge is 2.21. The number of ether oxygens (including phenoxy) is 1. The Kier molecular flexibility index (Phi) is 4.19. The maximum Gasteiger partial charge on any atom is 0.341 e. The average Bonchev–Trinajstić information content (AvgIpc) is 2.28. The first kappa shape index (κ1) is 13.9. The van der Waals surface area contributed by atoms with E-state index in [-0.39, 0.29) is 29.2 Å². The number of hydrogen-bond donors (Lipinski definition) is 1. The molecule has 0 aliphatic heterocycles. The second-order valence-corrected chi connectivity index (χ2v) is 4.18. The van der Waals surface area contributed by atoms with Crippen LogP contribution in [0.25, 0.3) is 0 Å². The van der Waals surface area contributed by atoms with E-state index in [0.717, 1.165) is 12.3 Å². The molecule has 1 aromatic rings. The van der Waals surface area contributed by atoms with Crippen LogP contribution in [0.4, 0.5) is 5.69 Å². The van der Waals surface area contributed by atoms with Crippen molar-refractivity contribution in [1.29, 1.82) is 0 Å². The summed E-state index contributed by atoms with van der Waals surface area (Å²) >= 11 is 0. The molecule has 0 fully saturated rings. The molecule has 0 bridgehead atoms. The van der Waals surface area contributed by atoms with Gasteiger partial charge in [-0.2, -0.15) is 0 Å². The lowest BCUT2D eigenvalue weighted by Crippen LogP contribution is -2.20. The minimum absolute atomic E-state index is 0.102. The smallest absolute Gasteiger partial charge is 0.341 e. The first-order valence-corrected chi connectivity index (χ1v) is 5.37. The van der Waals surface area contributed by atoms with Gasteiger partial charge in [-0.05, 0) is 12.8 Å². The fraction of sp³-hybridized carbons (Fsp3) is 0.455. The van der Waals surface area contributed by atoms with Crippen molar-refractivity contribution in [3.05, 3.63) is 27.9 Å². The van der Waals surface area contributed by atoms with Crippen molar-refractivity contribution in [2.24, 2.45) is 5.92 Å². The summed E-state index contributed by atoms with van der Waals surface area (Å²) in [6.45, 7) is 5.60. The third-order valence-electron chi connectivity index (χ3n) is 2.51. The SMILES string of the molecule is CC(C)C(C)Oc1ncc([N+](=O)[O-])cc1C(=O)O. The van der Waals surface area contributed by atoms with E-state index in [4.69, 9.17) is 9.84 Å². The summed E-state index contributed by atoms with van der Waals surface area (Å²) in [5.41, 5.74) is -0.686. The van der Waals surface area contributed by atoms with Gasteiger partial charge in [-0.15, -0.1) is 0 Å².